The highest BCUT2D eigenvalue weighted by Gasteiger charge is 2.85. The van der Waals surface area contributed by atoms with Crippen LogP contribution in [0.3, 0.4) is 0 Å². The Bertz CT molecular complexity index is 1180. The third-order valence-corrected chi connectivity index (χ3v) is 16.0. The van der Waals surface area contributed by atoms with Gasteiger partial charge in [-0.2, -0.15) is 0 Å². The van der Waals surface area contributed by atoms with E-state index in [9.17, 15) is 10.2 Å². The Morgan fingerprint density at radius 1 is 1.02 bits per heavy atom. The second-order valence-corrected chi connectivity index (χ2v) is 18.5. The molecule has 5 saturated carbocycles. The lowest BCUT2D eigenvalue weighted by Gasteiger charge is -2.63. The third-order valence-electron chi connectivity index (χ3n) is 16.0. The highest BCUT2D eigenvalue weighted by atomic mass is 16.7. The Hall–Kier alpha value is -0.360. The maximum atomic E-state index is 12.3. The smallest absolute Gasteiger partial charge is 0.170 e. The minimum Gasteiger partial charge on any atom is -0.389 e. The summed E-state index contributed by atoms with van der Waals surface area (Å²) in [5.74, 6) is 1.37. The number of aliphatic hydroxyl groups excluding tert-OH is 1. The predicted octanol–water partition coefficient (Wildman–Crippen LogP) is 3.03. The molecule has 9 nitrogen and oxygen atoms in total. The molecule has 0 aromatic rings. The van der Waals surface area contributed by atoms with Crippen molar-refractivity contribution in [2.75, 3.05) is 32.9 Å². The number of fused-ring (bicyclic) bond motifs is 4. The van der Waals surface area contributed by atoms with Crippen molar-refractivity contribution < 1.29 is 29.2 Å². The fourth-order valence-corrected chi connectivity index (χ4v) is 13.5. The molecule has 8 fully saturated rings. The van der Waals surface area contributed by atoms with Gasteiger partial charge in [-0.3, -0.25) is 4.90 Å². The molecule has 5 aliphatic carbocycles. The second-order valence-electron chi connectivity index (χ2n) is 18.5. The van der Waals surface area contributed by atoms with Crippen LogP contribution in [0.15, 0.2) is 0 Å². The van der Waals surface area contributed by atoms with Gasteiger partial charge in [0.25, 0.3) is 0 Å². The number of rotatable bonds is 5. The molecular weight excluding hydrogens is 570 g/mol. The van der Waals surface area contributed by atoms with E-state index in [1.54, 1.807) is 13.8 Å². The molecule has 256 valence electrons. The Morgan fingerprint density at radius 3 is 2.42 bits per heavy atom. The highest BCUT2D eigenvalue weighted by Crippen LogP contribution is 2.87. The topological polar surface area (TPSA) is 133 Å². The van der Waals surface area contributed by atoms with E-state index in [0.717, 1.165) is 65.0 Å². The molecule has 2 spiro atoms. The van der Waals surface area contributed by atoms with Crippen molar-refractivity contribution in [1.82, 2.24) is 4.90 Å². The summed E-state index contributed by atoms with van der Waals surface area (Å²) in [7, 11) is 0. The normalized spacial score (nSPS) is 54.9. The Morgan fingerprint density at radius 2 is 1.73 bits per heavy atom. The van der Waals surface area contributed by atoms with Crippen LogP contribution < -0.4 is 11.5 Å². The molecule has 0 bridgehead atoms. The van der Waals surface area contributed by atoms with Gasteiger partial charge in [-0.15, -0.1) is 0 Å². The van der Waals surface area contributed by atoms with E-state index < -0.39 is 23.3 Å². The van der Waals surface area contributed by atoms with Crippen molar-refractivity contribution in [3.63, 3.8) is 0 Å². The van der Waals surface area contributed by atoms with Crippen LogP contribution in [0, 0.1) is 45.3 Å². The van der Waals surface area contributed by atoms with Gasteiger partial charge in [-0.25, -0.2) is 0 Å². The van der Waals surface area contributed by atoms with Gasteiger partial charge in [0, 0.05) is 6.54 Å². The fraction of sp³-hybridized carbons (Fsp3) is 1.00. The minimum absolute atomic E-state index is 0.0425. The van der Waals surface area contributed by atoms with Crippen molar-refractivity contribution in [2.45, 2.75) is 147 Å². The van der Waals surface area contributed by atoms with Gasteiger partial charge in [-0.1, -0.05) is 27.7 Å². The van der Waals surface area contributed by atoms with Crippen LogP contribution in [-0.4, -0.2) is 102 Å². The zero-order valence-corrected chi connectivity index (χ0v) is 28.7. The Balaban J connectivity index is 1.03. The molecule has 8 rings (SSSR count). The molecular formula is C36H61N3O6. The molecule has 45 heavy (non-hydrogen) atoms. The van der Waals surface area contributed by atoms with Gasteiger partial charge in [-0.05, 0) is 111 Å². The lowest BCUT2D eigenvalue weighted by atomic mass is 9.43. The average molecular weight is 632 g/mol. The van der Waals surface area contributed by atoms with E-state index in [1.807, 2.05) is 0 Å². The quantitative estimate of drug-likeness (QED) is 0.362. The van der Waals surface area contributed by atoms with E-state index >= 15 is 0 Å². The fourth-order valence-electron chi connectivity index (χ4n) is 13.5. The third kappa shape index (κ3) is 4.11. The number of nitrogens with zero attached hydrogens (tertiary/aromatic N) is 1. The molecule has 3 heterocycles. The van der Waals surface area contributed by atoms with Crippen molar-refractivity contribution in [1.29, 1.82) is 0 Å². The number of morpholine rings is 1. The van der Waals surface area contributed by atoms with Crippen LogP contribution >= 0.6 is 0 Å². The van der Waals surface area contributed by atoms with Gasteiger partial charge in [0.05, 0.1) is 74.0 Å². The first-order valence-electron chi connectivity index (χ1n) is 18.3. The molecule has 0 aromatic heterocycles. The molecule has 8 aliphatic rings. The lowest BCUT2D eigenvalue weighted by Crippen LogP contribution is -2.70. The maximum absolute atomic E-state index is 12.3. The first-order valence-corrected chi connectivity index (χ1v) is 18.3. The van der Waals surface area contributed by atoms with Crippen LogP contribution in [0.25, 0.3) is 0 Å². The molecule has 0 amide bonds. The first kappa shape index (κ1) is 31.9. The molecule has 9 heteroatoms. The Kier molecular flexibility index (Phi) is 7.15. The van der Waals surface area contributed by atoms with Gasteiger partial charge in [0.2, 0.25) is 0 Å². The van der Waals surface area contributed by atoms with Crippen LogP contribution in [0.1, 0.15) is 92.9 Å². The molecule has 0 radical (unpaired) electrons. The Labute approximate surface area is 270 Å². The number of ether oxygens (including phenoxy) is 4. The SMILES string of the molecule is C[C@@H]1CC([C@H](N)C(C)(C)O)OC2[C@H]1C1(C)CCC34CC35CCC(OC3CN(C6COC6)CCO3)C(C)(C)[C@@H]5CCC4[C@]1(N)[C@H]2O. The molecule has 6 N–H and O–H groups in total. The number of hydrogen-bond donors (Lipinski definition) is 4. The molecule has 14 atom stereocenters. The number of nitrogens with two attached hydrogens (primary N) is 2. The van der Waals surface area contributed by atoms with E-state index in [0.29, 0.717) is 17.9 Å². The van der Waals surface area contributed by atoms with E-state index in [2.05, 4.69) is 32.6 Å². The van der Waals surface area contributed by atoms with E-state index in [4.69, 9.17) is 30.4 Å². The highest BCUT2D eigenvalue weighted by molar-refractivity contribution is 5.35. The monoisotopic (exact) mass is 631 g/mol. The summed E-state index contributed by atoms with van der Waals surface area (Å²) in [4.78, 5) is 2.49. The number of hydrogen-bond acceptors (Lipinski definition) is 9. The first-order chi connectivity index (χ1) is 21.1. The van der Waals surface area contributed by atoms with E-state index in [-0.39, 0.29) is 58.1 Å². The summed E-state index contributed by atoms with van der Waals surface area (Å²) in [5.41, 5.74) is 12.9. The molecule has 3 aliphatic heterocycles. The molecule has 0 aromatic carbocycles. The molecule has 8 unspecified atom stereocenters. The summed E-state index contributed by atoms with van der Waals surface area (Å²) < 4.78 is 25.2. The van der Waals surface area contributed by atoms with Gasteiger partial charge in [0.15, 0.2) is 6.29 Å². The van der Waals surface area contributed by atoms with Crippen molar-refractivity contribution >= 4 is 0 Å². The van der Waals surface area contributed by atoms with E-state index in [1.165, 1.54) is 19.3 Å². The standard InChI is InChI=1S/C36H61N3O6/c1-20-15-22(29(37)32(4,5)41)44-28-27(20)33(6)11-12-35-19-34(35)10-9-25(45-26-16-39(13-14-43-26)21-17-42-18-21)31(2,3)23(34)7-8-24(35)36(33,38)30(28)40/h20-30,40-41H,7-19,37-38H2,1-6H3/t20-,22?,23+,24?,25?,26?,27+,28?,29+,30+,33?,34?,35?,36+/m1/s1. The van der Waals surface area contributed by atoms with Gasteiger partial charge < -0.3 is 40.6 Å². The summed E-state index contributed by atoms with van der Waals surface area (Å²) in [6.07, 6.45) is 7.34. The largest absolute Gasteiger partial charge is 0.389 e. The minimum atomic E-state index is -1.05. The van der Waals surface area contributed by atoms with Crippen molar-refractivity contribution in [2.24, 2.45) is 56.8 Å². The van der Waals surface area contributed by atoms with Crippen LogP contribution in [-0.2, 0) is 18.9 Å². The maximum Gasteiger partial charge on any atom is 0.170 e. The summed E-state index contributed by atoms with van der Waals surface area (Å²) in [6.45, 7) is 17.3. The number of aliphatic hydroxyl groups is 2. The molecule has 3 saturated heterocycles. The van der Waals surface area contributed by atoms with Gasteiger partial charge >= 0.3 is 0 Å². The summed E-state index contributed by atoms with van der Waals surface area (Å²) >= 11 is 0. The zero-order valence-electron chi connectivity index (χ0n) is 28.7. The van der Waals surface area contributed by atoms with Crippen molar-refractivity contribution in [3.8, 4) is 0 Å². The zero-order chi connectivity index (χ0) is 31.9. The summed E-state index contributed by atoms with van der Waals surface area (Å²) in [6, 6.07) is -0.00297. The second kappa shape index (κ2) is 10.1. The van der Waals surface area contributed by atoms with Crippen molar-refractivity contribution in [3.05, 3.63) is 0 Å². The summed E-state index contributed by atoms with van der Waals surface area (Å²) in [5, 5.41) is 23.1. The lowest BCUT2D eigenvalue weighted by molar-refractivity contribution is -0.254. The average Bonchev–Trinajstić information content (AvgIpc) is 3.57. The van der Waals surface area contributed by atoms with Gasteiger partial charge in [0.1, 0.15) is 0 Å². The van der Waals surface area contributed by atoms with Crippen LogP contribution in [0.4, 0.5) is 0 Å². The predicted molar refractivity (Wildman–Crippen MR) is 170 cm³/mol. The van der Waals surface area contributed by atoms with Crippen LogP contribution in [0.2, 0.25) is 0 Å². The van der Waals surface area contributed by atoms with Crippen LogP contribution in [0.5, 0.6) is 0 Å².